The summed E-state index contributed by atoms with van der Waals surface area (Å²) in [6.45, 7) is 0. The van der Waals surface area contributed by atoms with E-state index in [4.69, 9.17) is 24.5 Å². The minimum atomic E-state index is -0.412. The van der Waals surface area contributed by atoms with Crippen LogP contribution in [0.25, 0.3) is 16.6 Å². The number of methoxy groups -OCH3 is 3. The van der Waals surface area contributed by atoms with Gasteiger partial charge in [-0.15, -0.1) is 0 Å². The van der Waals surface area contributed by atoms with E-state index in [1.165, 1.54) is 61.9 Å². The monoisotopic (exact) mass is 477 g/mol. The molecule has 172 valence electrons. The lowest BCUT2D eigenvalue weighted by atomic mass is 10.2. The van der Waals surface area contributed by atoms with Crippen LogP contribution in [-0.4, -0.2) is 30.9 Å². The first-order valence-corrected chi connectivity index (χ1v) is 11.1. The molecule has 0 unspecified atom stereocenters. The quantitative estimate of drug-likeness (QED) is 0.281. The van der Waals surface area contributed by atoms with E-state index < -0.39 is 5.82 Å². The Balaban J connectivity index is 1.93. The lowest BCUT2D eigenvalue weighted by Crippen LogP contribution is -2.22. The molecular weight excluding hydrogens is 457 g/mol. The van der Waals surface area contributed by atoms with Gasteiger partial charge in [0.15, 0.2) is 16.7 Å². The summed E-state index contributed by atoms with van der Waals surface area (Å²) in [4.78, 5) is 18.5. The second-order valence-corrected chi connectivity index (χ2v) is 8.09. The lowest BCUT2D eigenvalue weighted by Gasteiger charge is -2.17. The minimum absolute atomic E-state index is 0.265. The summed E-state index contributed by atoms with van der Waals surface area (Å²) in [6.07, 6.45) is 0. The Bertz CT molecular complexity index is 1450. The molecule has 0 bridgehead atoms. The molecule has 7 nitrogen and oxygen atoms in total. The number of ether oxygens (including phenoxy) is 3. The molecule has 34 heavy (non-hydrogen) atoms. The highest BCUT2D eigenvalue weighted by molar-refractivity contribution is 7.98. The van der Waals surface area contributed by atoms with Crippen molar-refractivity contribution in [2.75, 3.05) is 21.3 Å². The Labute approximate surface area is 199 Å². The van der Waals surface area contributed by atoms with Crippen molar-refractivity contribution in [2.45, 2.75) is 10.9 Å². The van der Waals surface area contributed by atoms with Gasteiger partial charge in [-0.05, 0) is 48.0 Å². The number of nitriles is 1. The maximum Gasteiger partial charge on any atom is 0.266 e. The van der Waals surface area contributed by atoms with E-state index in [0.29, 0.717) is 39.2 Å². The Hall–Kier alpha value is -4.03. The molecule has 0 aliphatic carbocycles. The molecule has 0 spiro atoms. The predicted octanol–water partition coefficient (Wildman–Crippen LogP) is 4.71. The molecule has 1 aromatic heterocycles. The predicted molar refractivity (Wildman–Crippen MR) is 128 cm³/mol. The van der Waals surface area contributed by atoms with Crippen molar-refractivity contribution in [2.24, 2.45) is 0 Å². The van der Waals surface area contributed by atoms with Crippen molar-refractivity contribution in [1.82, 2.24) is 9.55 Å². The summed E-state index contributed by atoms with van der Waals surface area (Å²) in [7, 11) is 4.41. The molecule has 0 atom stereocenters. The van der Waals surface area contributed by atoms with Gasteiger partial charge in [-0.1, -0.05) is 23.9 Å². The zero-order chi connectivity index (χ0) is 24.2. The van der Waals surface area contributed by atoms with Gasteiger partial charge < -0.3 is 14.2 Å². The molecule has 4 aromatic rings. The highest BCUT2D eigenvalue weighted by Gasteiger charge is 2.22. The summed E-state index contributed by atoms with van der Waals surface area (Å²) in [6, 6.07) is 16.4. The van der Waals surface area contributed by atoms with Crippen LogP contribution in [0.2, 0.25) is 0 Å². The van der Waals surface area contributed by atoms with E-state index in [2.05, 4.69) is 6.07 Å². The van der Waals surface area contributed by atoms with E-state index in [1.807, 2.05) is 12.1 Å². The van der Waals surface area contributed by atoms with Crippen LogP contribution in [0, 0.1) is 17.1 Å². The average Bonchev–Trinajstić information content (AvgIpc) is 2.87. The lowest BCUT2D eigenvalue weighted by molar-refractivity contribution is 0.326. The number of aromatic nitrogens is 2. The maximum absolute atomic E-state index is 13.7. The first kappa shape index (κ1) is 23.1. The fraction of sp³-hybridized carbons (Fsp3) is 0.160. The molecule has 0 saturated heterocycles. The van der Waals surface area contributed by atoms with E-state index in [1.54, 1.807) is 18.2 Å². The van der Waals surface area contributed by atoms with Gasteiger partial charge in [0.2, 0.25) is 5.75 Å². The number of benzene rings is 3. The van der Waals surface area contributed by atoms with Gasteiger partial charge in [-0.3, -0.25) is 9.36 Å². The van der Waals surface area contributed by atoms with Crippen LogP contribution >= 0.6 is 11.8 Å². The van der Waals surface area contributed by atoms with Gasteiger partial charge >= 0.3 is 0 Å². The fourth-order valence-electron chi connectivity index (χ4n) is 3.51. The van der Waals surface area contributed by atoms with E-state index in [0.717, 1.165) is 5.56 Å². The molecule has 3 aromatic carbocycles. The number of rotatable bonds is 7. The molecule has 0 fully saturated rings. The van der Waals surface area contributed by atoms with Crippen LogP contribution in [0.1, 0.15) is 11.1 Å². The van der Waals surface area contributed by atoms with Crippen molar-refractivity contribution in [1.29, 1.82) is 5.26 Å². The molecule has 9 heteroatoms. The third-order valence-electron chi connectivity index (χ3n) is 5.17. The van der Waals surface area contributed by atoms with Crippen LogP contribution in [0.5, 0.6) is 17.2 Å². The number of thioether (sulfide) groups is 1. The van der Waals surface area contributed by atoms with Crippen molar-refractivity contribution in [3.63, 3.8) is 0 Å². The number of hydrogen-bond donors (Lipinski definition) is 0. The fourth-order valence-corrected chi connectivity index (χ4v) is 4.47. The second-order valence-electron chi connectivity index (χ2n) is 7.15. The van der Waals surface area contributed by atoms with Gasteiger partial charge in [-0.25, -0.2) is 9.37 Å². The van der Waals surface area contributed by atoms with Crippen molar-refractivity contribution in [3.05, 3.63) is 81.9 Å². The summed E-state index contributed by atoms with van der Waals surface area (Å²) in [5, 5.41) is 9.67. The first-order chi connectivity index (χ1) is 16.5. The van der Waals surface area contributed by atoms with E-state index in [-0.39, 0.29) is 16.7 Å². The largest absolute Gasteiger partial charge is 0.493 e. The summed E-state index contributed by atoms with van der Waals surface area (Å²) in [5.41, 5.74) is 1.94. The smallest absolute Gasteiger partial charge is 0.266 e. The Morgan fingerprint density at radius 1 is 1.00 bits per heavy atom. The average molecular weight is 478 g/mol. The Morgan fingerprint density at radius 3 is 2.26 bits per heavy atom. The SMILES string of the molecule is COc1cc2c(=O)n(-c3ccc(F)cc3)c(SCc3ccc(C#N)cc3)nc2c(OC)c1OC. The number of halogens is 1. The molecular formula is C25H20FN3O4S. The van der Waals surface area contributed by atoms with Crippen LogP contribution in [0.15, 0.2) is 64.5 Å². The summed E-state index contributed by atoms with van der Waals surface area (Å²) in [5.74, 6) is 1.01. The molecule has 0 saturated carbocycles. The number of fused-ring (bicyclic) bond motifs is 1. The number of nitrogens with zero attached hydrogens (tertiary/aromatic N) is 3. The molecule has 0 aliphatic rings. The molecule has 1 heterocycles. The molecule has 4 rings (SSSR count). The topological polar surface area (TPSA) is 86.4 Å². The van der Waals surface area contributed by atoms with Crippen molar-refractivity contribution in [3.8, 4) is 29.0 Å². The van der Waals surface area contributed by atoms with Crippen LogP contribution in [-0.2, 0) is 5.75 Å². The third-order valence-corrected chi connectivity index (χ3v) is 6.18. The van der Waals surface area contributed by atoms with Gasteiger partial charge in [0, 0.05) is 5.75 Å². The molecule has 0 aliphatic heterocycles. The van der Waals surface area contributed by atoms with Gasteiger partial charge in [0.25, 0.3) is 5.56 Å². The van der Waals surface area contributed by atoms with Crippen LogP contribution in [0.4, 0.5) is 4.39 Å². The zero-order valence-electron chi connectivity index (χ0n) is 18.7. The molecule has 0 amide bonds. The van der Waals surface area contributed by atoms with Crippen LogP contribution in [0.3, 0.4) is 0 Å². The van der Waals surface area contributed by atoms with Crippen molar-refractivity contribution >= 4 is 22.7 Å². The summed E-state index contributed by atoms with van der Waals surface area (Å²) < 4.78 is 31.4. The third kappa shape index (κ3) is 4.28. The Morgan fingerprint density at radius 2 is 1.68 bits per heavy atom. The summed E-state index contributed by atoms with van der Waals surface area (Å²) >= 11 is 1.33. The van der Waals surface area contributed by atoms with Gasteiger partial charge in [0.1, 0.15) is 11.3 Å². The maximum atomic E-state index is 13.7. The molecule has 0 N–H and O–H groups in total. The van der Waals surface area contributed by atoms with Gasteiger partial charge in [0.05, 0.1) is 44.0 Å². The first-order valence-electron chi connectivity index (χ1n) is 10.1. The normalized spacial score (nSPS) is 10.7. The van der Waals surface area contributed by atoms with Crippen LogP contribution < -0.4 is 19.8 Å². The van der Waals surface area contributed by atoms with E-state index in [9.17, 15) is 9.18 Å². The van der Waals surface area contributed by atoms with Gasteiger partial charge in [-0.2, -0.15) is 5.26 Å². The van der Waals surface area contributed by atoms with E-state index >= 15 is 0 Å². The minimum Gasteiger partial charge on any atom is -0.493 e. The highest BCUT2D eigenvalue weighted by Crippen LogP contribution is 2.42. The standard InChI is InChI=1S/C25H20FN3O4S/c1-31-20-12-19-21(23(33-3)22(20)32-2)28-25(34-14-16-6-4-15(13-27)5-7-16)29(24(19)30)18-10-8-17(26)9-11-18/h4-12H,14H2,1-3H3. The van der Waals surface area contributed by atoms with Crippen molar-refractivity contribution < 1.29 is 18.6 Å². The molecule has 0 radical (unpaired) electrons. The zero-order valence-corrected chi connectivity index (χ0v) is 19.5. The Kier molecular flexibility index (Phi) is 6.70. The highest BCUT2D eigenvalue weighted by atomic mass is 32.2. The number of hydrogen-bond acceptors (Lipinski definition) is 7. The second kappa shape index (κ2) is 9.85.